The minimum absolute atomic E-state index is 0.558. The van der Waals surface area contributed by atoms with Crippen LogP contribution in [0.1, 0.15) is 10.6 Å². The molecule has 1 fully saturated rings. The first-order valence-corrected chi connectivity index (χ1v) is 7.68. The van der Waals surface area contributed by atoms with E-state index in [1.807, 2.05) is 0 Å². The van der Waals surface area contributed by atoms with E-state index in [1.165, 1.54) is 16.9 Å². The van der Waals surface area contributed by atoms with Crippen LogP contribution in [0.3, 0.4) is 0 Å². The van der Waals surface area contributed by atoms with Crippen molar-refractivity contribution >= 4 is 16.5 Å². The number of hydrogen-bond acceptors (Lipinski definition) is 6. The van der Waals surface area contributed by atoms with E-state index in [9.17, 15) is 0 Å². The van der Waals surface area contributed by atoms with Crippen LogP contribution in [0.5, 0.6) is 0 Å². The SMILES string of the molecule is Nc1nnc(CN2CCN(Cc3ccccc3)CC2)s1. The van der Waals surface area contributed by atoms with Crippen molar-refractivity contribution in [3.05, 3.63) is 40.9 Å². The molecule has 1 aliphatic heterocycles. The summed E-state index contributed by atoms with van der Waals surface area (Å²) in [6.45, 7) is 6.26. The Labute approximate surface area is 123 Å². The van der Waals surface area contributed by atoms with Gasteiger partial charge >= 0.3 is 0 Å². The van der Waals surface area contributed by atoms with E-state index in [0.717, 1.165) is 44.3 Å². The molecule has 0 spiro atoms. The van der Waals surface area contributed by atoms with E-state index in [2.05, 4.69) is 50.3 Å². The zero-order chi connectivity index (χ0) is 13.8. The molecule has 1 aliphatic rings. The lowest BCUT2D eigenvalue weighted by Gasteiger charge is -2.34. The number of nitrogens with two attached hydrogens (primary N) is 1. The highest BCUT2D eigenvalue weighted by Crippen LogP contribution is 2.15. The van der Waals surface area contributed by atoms with Gasteiger partial charge in [0.25, 0.3) is 0 Å². The van der Waals surface area contributed by atoms with Crippen molar-refractivity contribution in [1.82, 2.24) is 20.0 Å². The average molecular weight is 289 g/mol. The summed E-state index contributed by atoms with van der Waals surface area (Å²) in [5.41, 5.74) is 7.00. The van der Waals surface area contributed by atoms with E-state index < -0.39 is 0 Å². The van der Waals surface area contributed by atoms with Crippen LogP contribution in [0.25, 0.3) is 0 Å². The molecule has 2 heterocycles. The van der Waals surface area contributed by atoms with Crippen LogP contribution in [-0.4, -0.2) is 46.2 Å². The number of anilines is 1. The lowest BCUT2D eigenvalue weighted by molar-refractivity contribution is 0.122. The maximum absolute atomic E-state index is 5.61. The number of piperazine rings is 1. The van der Waals surface area contributed by atoms with Gasteiger partial charge in [0, 0.05) is 32.7 Å². The predicted molar refractivity (Wildman–Crippen MR) is 81.3 cm³/mol. The zero-order valence-corrected chi connectivity index (χ0v) is 12.2. The van der Waals surface area contributed by atoms with Crippen molar-refractivity contribution in [2.75, 3.05) is 31.9 Å². The lowest BCUT2D eigenvalue weighted by atomic mass is 10.2. The van der Waals surface area contributed by atoms with Gasteiger partial charge in [0.2, 0.25) is 5.13 Å². The third-order valence-corrected chi connectivity index (χ3v) is 4.29. The second-order valence-electron chi connectivity index (χ2n) is 5.07. The predicted octanol–water partition coefficient (Wildman–Crippen LogP) is 1.44. The van der Waals surface area contributed by atoms with Crippen LogP contribution in [-0.2, 0) is 13.1 Å². The molecule has 106 valence electrons. The number of aromatic nitrogens is 2. The van der Waals surface area contributed by atoms with Crippen molar-refractivity contribution in [2.45, 2.75) is 13.1 Å². The van der Waals surface area contributed by atoms with Gasteiger partial charge in [-0.15, -0.1) is 10.2 Å². The summed E-state index contributed by atoms with van der Waals surface area (Å²) in [6, 6.07) is 10.7. The molecule has 5 nitrogen and oxygen atoms in total. The fourth-order valence-electron chi connectivity index (χ4n) is 2.47. The van der Waals surface area contributed by atoms with Gasteiger partial charge in [-0.25, -0.2) is 0 Å². The van der Waals surface area contributed by atoms with Crippen molar-refractivity contribution in [1.29, 1.82) is 0 Å². The van der Waals surface area contributed by atoms with Gasteiger partial charge in [0.1, 0.15) is 5.01 Å². The Morgan fingerprint density at radius 3 is 2.20 bits per heavy atom. The quantitative estimate of drug-likeness (QED) is 0.923. The molecule has 0 saturated carbocycles. The maximum Gasteiger partial charge on any atom is 0.203 e. The maximum atomic E-state index is 5.61. The Morgan fingerprint density at radius 2 is 1.60 bits per heavy atom. The third-order valence-electron chi connectivity index (χ3n) is 3.56. The van der Waals surface area contributed by atoms with Crippen molar-refractivity contribution in [2.24, 2.45) is 0 Å². The van der Waals surface area contributed by atoms with E-state index >= 15 is 0 Å². The van der Waals surface area contributed by atoms with Crippen molar-refractivity contribution in [3.63, 3.8) is 0 Å². The number of benzene rings is 1. The summed E-state index contributed by atoms with van der Waals surface area (Å²) in [5, 5.41) is 9.52. The molecule has 0 amide bonds. The molecule has 0 radical (unpaired) electrons. The first-order valence-electron chi connectivity index (χ1n) is 6.86. The molecule has 1 aromatic heterocycles. The Balaban J connectivity index is 1.47. The van der Waals surface area contributed by atoms with Crippen LogP contribution in [0.4, 0.5) is 5.13 Å². The topological polar surface area (TPSA) is 58.3 Å². The molecule has 0 unspecified atom stereocenters. The number of hydrogen-bond donors (Lipinski definition) is 1. The van der Waals surface area contributed by atoms with Crippen LogP contribution in [0.2, 0.25) is 0 Å². The smallest absolute Gasteiger partial charge is 0.203 e. The van der Waals surface area contributed by atoms with Gasteiger partial charge in [-0.1, -0.05) is 41.7 Å². The van der Waals surface area contributed by atoms with Gasteiger partial charge < -0.3 is 5.73 Å². The van der Waals surface area contributed by atoms with E-state index in [4.69, 9.17) is 5.73 Å². The molecule has 3 rings (SSSR count). The third kappa shape index (κ3) is 3.53. The molecular formula is C14H19N5S. The Hall–Kier alpha value is -1.50. The molecule has 1 saturated heterocycles. The zero-order valence-electron chi connectivity index (χ0n) is 11.4. The summed E-state index contributed by atoms with van der Waals surface area (Å²) in [4.78, 5) is 4.92. The minimum Gasteiger partial charge on any atom is -0.374 e. The largest absolute Gasteiger partial charge is 0.374 e. The second-order valence-corrected chi connectivity index (χ2v) is 6.17. The Kier molecular flexibility index (Phi) is 4.25. The highest BCUT2D eigenvalue weighted by Gasteiger charge is 2.18. The number of nitrogens with zero attached hydrogens (tertiary/aromatic N) is 4. The van der Waals surface area contributed by atoms with Crippen molar-refractivity contribution in [3.8, 4) is 0 Å². The summed E-state index contributed by atoms with van der Waals surface area (Å²) >= 11 is 1.49. The van der Waals surface area contributed by atoms with Gasteiger partial charge in [0.15, 0.2) is 0 Å². The Morgan fingerprint density at radius 1 is 0.950 bits per heavy atom. The summed E-state index contributed by atoms with van der Waals surface area (Å²) < 4.78 is 0. The van der Waals surface area contributed by atoms with Crippen LogP contribution in [0, 0.1) is 0 Å². The molecule has 0 atom stereocenters. The van der Waals surface area contributed by atoms with Gasteiger partial charge in [-0.05, 0) is 5.56 Å². The monoisotopic (exact) mass is 289 g/mol. The van der Waals surface area contributed by atoms with Crippen molar-refractivity contribution < 1.29 is 0 Å². The van der Waals surface area contributed by atoms with E-state index in [1.54, 1.807) is 0 Å². The molecule has 0 aliphatic carbocycles. The standard InChI is InChI=1S/C14H19N5S/c15-14-17-16-13(20-14)11-19-8-6-18(7-9-19)10-12-4-2-1-3-5-12/h1-5H,6-11H2,(H2,15,17). The van der Waals surface area contributed by atoms with Gasteiger partial charge in [-0.3, -0.25) is 9.80 Å². The normalized spacial score (nSPS) is 17.4. The number of nitrogen functional groups attached to an aromatic ring is 1. The summed E-state index contributed by atoms with van der Waals surface area (Å²) in [6.07, 6.45) is 0. The second kappa shape index (κ2) is 6.30. The van der Waals surface area contributed by atoms with Gasteiger partial charge in [0.05, 0.1) is 6.54 Å². The van der Waals surface area contributed by atoms with Gasteiger partial charge in [-0.2, -0.15) is 0 Å². The minimum atomic E-state index is 0.558. The highest BCUT2D eigenvalue weighted by molar-refractivity contribution is 7.15. The molecule has 2 N–H and O–H groups in total. The molecule has 0 bridgehead atoms. The fraction of sp³-hybridized carbons (Fsp3) is 0.429. The van der Waals surface area contributed by atoms with Crippen LogP contribution in [0.15, 0.2) is 30.3 Å². The summed E-state index contributed by atoms with van der Waals surface area (Å²) in [5.74, 6) is 0. The Bertz CT molecular complexity index is 534. The fourth-order valence-corrected chi connectivity index (χ4v) is 3.12. The molecule has 6 heteroatoms. The highest BCUT2D eigenvalue weighted by atomic mass is 32.1. The molecule has 2 aromatic rings. The first kappa shape index (κ1) is 13.5. The molecule has 20 heavy (non-hydrogen) atoms. The lowest BCUT2D eigenvalue weighted by Crippen LogP contribution is -2.45. The van der Waals surface area contributed by atoms with E-state index in [-0.39, 0.29) is 0 Å². The molecular weight excluding hydrogens is 270 g/mol. The van der Waals surface area contributed by atoms with Crippen LogP contribution >= 0.6 is 11.3 Å². The average Bonchev–Trinajstić information content (AvgIpc) is 2.88. The number of rotatable bonds is 4. The first-order chi connectivity index (χ1) is 9.79. The summed E-state index contributed by atoms with van der Waals surface area (Å²) in [7, 11) is 0. The molecule has 1 aromatic carbocycles. The van der Waals surface area contributed by atoms with E-state index in [0.29, 0.717) is 5.13 Å². The van der Waals surface area contributed by atoms with Crippen LogP contribution < -0.4 is 5.73 Å².